The quantitative estimate of drug-likeness (QED) is 0.376. The standard InChI is InChI=1S/C6H12ClNO2/c1-6(5-10-8)9-4-2-3-7/h2,4,6H,3,5,8H2,1H3. The summed E-state index contributed by atoms with van der Waals surface area (Å²) >= 11 is 5.34. The average molecular weight is 166 g/mol. The van der Waals surface area contributed by atoms with Crippen LogP contribution in [0.3, 0.4) is 0 Å². The molecule has 2 N–H and O–H groups in total. The molecule has 1 unspecified atom stereocenters. The highest BCUT2D eigenvalue weighted by atomic mass is 35.5. The largest absolute Gasteiger partial charge is 0.496 e. The number of hydrogen-bond donors (Lipinski definition) is 1. The molecule has 0 fully saturated rings. The Morgan fingerprint density at radius 3 is 2.90 bits per heavy atom. The van der Waals surface area contributed by atoms with E-state index in [1.54, 1.807) is 6.08 Å². The van der Waals surface area contributed by atoms with Gasteiger partial charge in [-0.2, -0.15) is 0 Å². The molecule has 4 heteroatoms. The molecule has 3 nitrogen and oxygen atoms in total. The molecule has 0 heterocycles. The smallest absolute Gasteiger partial charge is 0.120 e. The van der Waals surface area contributed by atoms with Gasteiger partial charge in [0.2, 0.25) is 0 Å². The van der Waals surface area contributed by atoms with Crippen molar-refractivity contribution >= 4 is 11.6 Å². The number of alkyl halides is 1. The maximum absolute atomic E-state index is 5.34. The fraction of sp³-hybridized carbons (Fsp3) is 0.667. The van der Waals surface area contributed by atoms with Crippen molar-refractivity contribution in [2.24, 2.45) is 5.90 Å². The predicted molar refractivity (Wildman–Crippen MR) is 40.5 cm³/mol. The van der Waals surface area contributed by atoms with Gasteiger partial charge in [0.15, 0.2) is 0 Å². The Morgan fingerprint density at radius 1 is 1.70 bits per heavy atom. The molecule has 10 heavy (non-hydrogen) atoms. The van der Waals surface area contributed by atoms with E-state index in [1.165, 1.54) is 6.26 Å². The van der Waals surface area contributed by atoms with E-state index in [2.05, 4.69) is 4.84 Å². The van der Waals surface area contributed by atoms with Crippen LogP contribution >= 0.6 is 11.6 Å². The third-order valence-electron chi connectivity index (χ3n) is 0.827. The minimum absolute atomic E-state index is 0.0236. The SMILES string of the molecule is CC(CON)OC=CCCl. The van der Waals surface area contributed by atoms with Crippen molar-refractivity contribution in [2.45, 2.75) is 13.0 Å². The number of ether oxygens (including phenoxy) is 1. The van der Waals surface area contributed by atoms with Gasteiger partial charge < -0.3 is 9.57 Å². The minimum Gasteiger partial charge on any atom is -0.496 e. The van der Waals surface area contributed by atoms with Crippen LogP contribution in [0, 0.1) is 0 Å². The van der Waals surface area contributed by atoms with Gasteiger partial charge in [-0.25, -0.2) is 5.90 Å². The summed E-state index contributed by atoms with van der Waals surface area (Å²) in [5, 5.41) is 0. The van der Waals surface area contributed by atoms with Gasteiger partial charge in [0.25, 0.3) is 0 Å². The second kappa shape index (κ2) is 6.86. The van der Waals surface area contributed by atoms with E-state index < -0.39 is 0 Å². The summed E-state index contributed by atoms with van der Waals surface area (Å²) in [7, 11) is 0. The van der Waals surface area contributed by atoms with Crippen molar-refractivity contribution in [2.75, 3.05) is 12.5 Å². The highest BCUT2D eigenvalue weighted by molar-refractivity contribution is 6.18. The van der Waals surface area contributed by atoms with Crippen LogP contribution in [0.1, 0.15) is 6.92 Å². The third kappa shape index (κ3) is 5.88. The lowest BCUT2D eigenvalue weighted by Crippen LogP contribution is -2.16. The molecule has 0 saturated carbocycles. The molecule has 0 aliphatic carbocycles. The van der Waals surface area contributed by atoms with Crippen molar-refractivity contribution in [3.8, 4) is 0 Å². The van der Waals surface area contributed by atoms with Gasteiger partial charge in [0, 0.05) is 5.88 Å². The lowest BCUT2D eigenvalue weighted by atomic mass is 10.4. The Morgan fingerprint density at radius 2 is 2.40 bits per heavy atom. The van der Waals surface area contributed by atoms with Crippen LogP contribution in [0.2, 0.25) is 0 Å². The maximum Gasteiger partial charge on any atom is 0.120 e. The maximum atomic E-state index is 5.34. The minimum atomic E-state index is -0.0236. The molecule has 0 aromatic rings. The Bertz CT molecular complexity index is 97.7. The summed E-state index contributed by atoms with van der Waals surface area (Å²) in [5.41, 5.74) is 0. The van der Waals surface area contributed by atoms with Crippen LogP contribution in [0.25, 0.3) is 0 Å². The first kappa shape index (κ1) is 9.75. The molecule has 0 spiro atoms. The predicted octanol–water partition coefficient (Wildman–Crippen LogP) is 1.03. The van der Waals surface area contributed by atoms with Crippen molar-refractivity contribution in [1.82, 2.24) is 0 Å². The number of rotatable bonds is 5. The topological polar surface area (TPSA) is 44.5 Å². The average Bonchev–Trinajstić information content (AvgIpc) is 1.89. The molecular formula is C6H12ClNO2. The fourth-order valence-electron chi connectivity index (χ4n) is 0.401. The summed E-state index contributed by atoms with van der Waals surface area (Å²) in [6.45, 7) is 2.23. The highest BCUT2D eigenvalue weighted by Crippen LogP contribution is 1.91. The zero-order valence-electron chi connectivity index (χ0n) is 5.92. The molecule has 0 bridgehead atoms. The molecule has 1 atom stereocenters. The normalized spacial score (nSPS) is 13.9. The molecule has 0 amide bonds. The van der Waals surface area contributed by atoms with Crippen molar-refractivity contribution in [1.29, 1.82) is 0 Å². The molecule has 0 radical (unpaired) electrons. The summed E-state index contributed by atoms with van der Waals surface area (Å²) in [6, 6.07) is 0. The number of halogens is 1. The van der Waals surface area contributed by atoms with Crippen LogP contribution in [0.5, 0.6) is 0 Å². The molecular weight excluding hydrogens is 154 g/mol. The first-order valence-electron chi connectivity index (χ1n) is 2.99. The van der Waals surface area contributed by atoms with Crippen molar-refractivity contribution < 1.29 is 9.57 Å². The third-order valence-corrected chi connectivity index (χ3v) is 1.01. The van der Waals surface area contributed by atoms with Crippen LogP contribution in [0.15, 0.2) is 12.3 Å². The van der Waals surface area contributed by atoms with E-state index in [1.807, 2.05) is 6.92 Å². The zero-order valence-corrected chi connectivity index (χ0v) is 6.67. The monoisotopic (exact) mass is 165 g/mol. The summed E-state index contributed by atoms with van der Waals surface area (Å²) in [5.74, 6) is 5.26. The van der Waals surface area contributed by atoms with Gasteiger partial charge in [-0.05, 0) is 13.0 Å². The lowest BCUT2D eigenvalue weighted by molar-refractivity contribution is 0.0365. The van der Waals surface area contributed by atoms with E-state index in [9.17, 15) is 0 Å². The molecule has 0 aromatic carbocycles. The summed E-state index contributed by atoms with van der Waals surface area (Å²) in [4.78, 5) is 4.34. The molecule has 0 aromatic heterocycles. The Balaban J connectivity index is 3.20. The van der Waals surface area contributed by atoms with Gasteiger partial charge in [0.05, 0.1) is 6.26 Å². The van der Waals surface area contributed by atoms with Crippen molar-refractivity contribution in [3.63, 3.8) is 0 Å². The van der Waals surface area contributed by atoms with Crippen LogP contribution in [-0.4, -0.2) is 18.6 Å². The van der Waals surface area contributed by atoms with Gasteiger partial charge in [-0.3, -0.25) is 0 Å². The second-order valence-corrected chi connectivity index (χ2v) is 2.11. The molecule has 0 aliphatic heterocycles. The fourth-order valence-corrected chi connectivity index (χ4v) is 0.474. The van der Waals surface area contributed by atoms with E-state index in [0.29, 0.717) is 12.5 Å². The van der Waals surface area contributed by atoms with Gasteiger partial charge in [0.1, 0.15) is 12.7 Å². The van der Waals surface area contributed by atoms with E-state index >= 15 is 0 Å². The Hall–Kier alpha value is -0.250. The molecule has 0 saturated heterocycles. The molecule has 0 rings (SSSR count). The van der Waals surface area contributed by atoms with E-state index in [0.717, 1.165) is 0 Å². The Labute approximate surface area is 65.7 Å². The summed E-state index contributed by atoms with van der Waals surface area (Å²) < 4.78 is 5.05. The van der Waals surface area contributed by atoms with Gasteiger partial charge in [-0.15, -0.1) is 11.6 Å². The number of nitrogens with two attached hydrogens (primary N) is 1. The lowest BCUT2D eigenvalue weighted by Gasteiger charge is -2.07. The summed E-state index contributed by atoms with van der Waals surface area (Å²) in [6.07, 6.45) is 3.22. The molecule has 60 valence electrons. The molecule has 0 aliphatic rings. The van der Waals surface area contributed by atoms with Crippen molar-refractivity contribution in [3.05, 3.63) is 12.3 Å². The van der Waals surface area contributed by atoms with E-state index in [-0.39, 0.29) is 6.10 Å². The number of hydrogen-bond acceptors (Lipinski definition) is 3. The first-order valence-corrected chi connectivity index (χ1v) is 3.52. The van der Waals surface area contributed by atoms with E-state index in [4.69, 9.17) is 22.2 Å². The van der Waals surface area contributed by atoms with Gasteiger partial charge in [-0.1, -0.05) is 0 Å². The highest BCUT2D eigenvalue weighted by Gasteiger charge is 1.96. The first-order chi connectivity index (χ1) is 4.81. The second-order valence-electron chi connectivity index (χ2n) is 1.81. The van der Waals surface area contributed by atoms with Gasteiger partial charge >= 0.3 is 0 Å². The van der Waals surface area contributed by atoms with Crippen LogP contribution in [-0.2, 0) is 9.57 Å². The Kier molecular flexibility index (Phi) is 6.69. The van der Waals surface area contributed by atoms with Crippen LogP contribution in [0.4, 0.5) is 0 Å². The number of allylic oxidation sites excluding steroid dienone is 1. The van der Waals surface area contributed by atoms with Crippen LogP contribution < -0.4 is 5.90 Å². The zero-order chi connectivity index (χ0) is 7.82.